The van der Waals surface area contributed by atoms with E-state index in [1.54, 1.807) is 0 Å². The maximum atomic E-state index is 11.4. The first-order valence-electron chi connectivity index (χ1n) is 7.74. The third-order valence-electron chi connectivity index (χ3n) is 3.32. The molecule has 0 heterocycles. The number of carbonyl (C=O) groups is 2. The largest absolute Gasteiger partial charge is 0.480 e. The topological polar surface area (TPSA) is 86.6 Å². The van der Waals surface area contributed by atoms with Crippen LogP contribution in [0.4, 0.5) is 0 Å². The molecule has 0 saturated carbocycles. The fraction of sp³-hybridized carbons (Fsp3) is 0.867. The summed E-state index contributed by atoms with van der Waals surface area (Å²) in [6, 6.07) is -1.18. The summed E-state index contributed by atoms with van der Waals surface area (Å²) >= 11 is 0. The standard InChI is InChI=1S/C15H29NO4/c1-2-3-4-5-6-7-8-9-10-11-14(18)16-13(12-17)15(19)20/h13,17H,2-12H2,1H3,(H,16,18)(H,19,20). The van der Waals surface area contributed by atoms with Crippen molar-refractivity contribution in [3.05, 3.63) is 0 Å². The van der Waals surface area contributed by atoms with Gasteiger partial charge >= 0.3 is 5.97 Å². The number of hydrogen-bond donors (Lipinski definition) is 3. The summed E-state index contributed by atoms with van der Waals surface area (Å²) in [5, 5.41) is 19.8. The molecule has 0 aromatic rings. The summed E-state index contributed by atoms with van der Waals surface area (Å²) in [6.07, 6.45) is 10.9. The highest BCUT2D eigenvalue weighted by Crippen LogP contribution is 2.10. The molecule has 0 aliphatic carbocycles. The predicted molar refractivity (Wildman–Crippen MR) is 78.5 cm³/mol. The molecule has 3 N–H and O–H groups in total. The molecule has 118 valence electrons. The fourth-order valence-electron chi connectivity index (χ4n) is 2.05. The Morgan fingerprint density at radius 1 is 0.950 bits per heavy atom. The van der Waals surface area contributed by atoms with Gasteiger partial charge in [0.2, 0.25) is 5.91 Å². The molecule has 1 amide bonds. The molecule has 0 aromatic carbocycles. The summed E-state index contributed by atoms with van der Waals surface area (Å²) in [5.74, 6) is -1.50. The highest BCUT2D eigenvalue weighted by Gasteiger charge is 2.17. The zero-order valence-corrected chi connectivity index (χ0v) is 12.6. The van der Waals surface area contributed by atoms with Gasteiger partial charge in [0.15, 0.2) is 0 Å². The molecular formula is C15H29NO4. The van der Waals surface area contributed by atoms with Crippen molar-refractivity contribution in [2.24, 2.45) is 0 Å². The molecule has 0 aliphatic heterocycles. The van der Waals surface area contributed by atoms with Crippen LogP contribution in [0.2, 0.25) is 0 Å². The van der Waals surface area contributed by atoms with Gasteiger partial charge in [-0.2, -0.15) is 0 Å². The number of carboxylic acid groups (broad SMARTS) is 1. The van der Waals surface area contributed by atoms with Gasteiger partial charge in [0.25, 0.3) is 0 Å². The molecule has 1 atom stereocenters. The first kappa shape index (κ1) is 18.9. The molecule has 0 aliphatic rings. The number of nitrogens with one attached hydrogen (secondary N) is 1. The third kappa shape index (κ3) is 10.8. The van der Waals surface area contributed by atoms with Crippen LogP contribution in [0.1, 0.15) is 71.1 Å². The molecular weight excluding hydrogens is 258 g/mol. The summed E-state index contributed by atoms with van der Waals surface area (Å²) in [6.45, 7) is 1.63. The summed E-state index contributed by atoms with van der Waals surface area (Å²) in [7, 11) is 0. The monoisotopic (exact) mass is 287 g/mol. The van der Waals surface area contributed by atoms with E-state index in [1.807, 2.05) is 0 Å². The van der Waals surface area contributed by atoms with E-state index in [-0.39, 0.29) is 5.91 Å². The Morgan fingerprint density at radius 3 is 1.90 bits per heavy atom. The van der Waals surface area contributed by atoms with Crippen LogP contribution in [0.25, 0.3) is 0 Å². The minimum Gasteiger partial charge on any atom is -0.480 e. The lowest BCUT2D eigenvalue weighted by Gasteiger charge is -2.11. The van der Waals surface area contributed by atoms with Gasteiger partial charge in [-0.15, -0.1) is 0 Å². The van der Waals surface area contributed by atoms with Crippen molar-refractivity contribution in [2.45, 2.75) is 77.2 Å². The van der Waals surface area contributed by atoms with E-state index in [1.165, 1.54) is 38.5 Å². The zero-order valence-electron chi connectivity index (χ0n) is 12.6. The molecule has 0 rings (SSSR count). The number of carbonyl (C=O) groups excluding carboxylic acids is 1. The average molecular weight is 287 g/mol. The van der Waals surface area contributed by atoms with Crippen molar-refractivity contribution in [3.63, 3.8) is 0 Å². The van der Waals surface area contributed by atoms with Gasteiger partial charge in [0.05, 0.1) is 6.61 Å². The van der Waals surface area contributed by atoms with E-state index in [4.69, 9.17) is 10.2 Å². The minimum atomic E-state index is -1.20. The highest BCUT2D eigenvalue weighted by atomic mass is 16.4. The number of aliphatic hydroxyl groups is 1. The summed E-state index contributed by atoms with van der Waals surface area (Å²) in [5.41, 5.74) is 0. The summed E-state index contributed by atoms with van der Waals surface area (Å²) in [4.78, 5) is 22.1. The van der Waals surface area contributed by atoms with Crippen LogP contribution in [0.5, 0.6) is 0 Å². The smallest absolute Gasteiger partial charge is 0.328 e. The molecule has 0 bridgehead atoms. The molecule has 1 unspecified atom stereocenters. The molecule has 0 spiro atoms. The van der Waals surface area contributed by atoms with E-state index in [0.717, 1.165) is 19.3 Å². The van der Waals surface area contributed by atoms with Crippen LogP contribution in [0, 0.1) is 0 Å². The SMILES string of the molecule is CCCCCCCCCCCC(=O)NC(CO)C(=O)O. The van der Waals surface area contributed by atoms with Crippen LogP contribution in [-0.2, 0) is 9.59 Å². The lowest BCUT2D eigenvalue weighted by atomic mass is 10.1. The molecule has 0 radical (unpaired) electrons. The van der Waals surface area contributed by atoms with Crippen LogP contribution < -0.4 is 5.32 Å². The van der Waals surface area contributed by atoms with Gasteiger partial charge in [-0.1, -0.05) is 58.3 Å². The lowest BCUT2D eigenvalue weighted by Crippen LogP contribution is -2.43. The van der Waals surface area contributed by atoms with Crippen LogP contribution >= 0.6 is 0 Å². The number of aliphatic hydroxyl groups excluding tert-OH is 1. The Morgan fingerprint density at radius 2 is 1.45 bits per heavy atom. The quantitative estimate of drug-likeness (QED) is 0.454. The Labute approximate surface area is 121 Å². The number of amides is 1. The van der Waals surface area contributed by atoms with Crippen molar-refractivity contribution in [2.75, 3.05) is 6.61 Å². The second-order valence-electron chi connectivity index (χ2n) is 5.22. The van der Waals surface area contributed by atoms with Crippen molar-refractivity contribution in [1.82, 2.24) is 5.32 Å². The first-order chi connectivity index (χ1) is 9.61. The van der Waals surface area contributed by atoms with Crippen LogP contribution in [-0.4, -0.2) is 34.7 Å². The zero-order chi connectivity index (χ0) is 15.2. The van der Waals surface area contributed by atoms with Gasteiger partial charge in [0, 0.05) is 6.42 Å². The normalized spacial score (nSPS) is 12.1. The van der Waals surface area contributed by atoms with Gasteiger partial charge in [-0.3, -0.25) is 4.79 Å². The second-order valence-corrected chi connectivity index (χ2v) is 5.22. The molecule has 5 nitrogen and oxygen atoms in total. The van der Waals surface area contributed by atoms with E-state index >= 15 is 0 Å². The van der Waals surface area contributed by atoms with E-state index in [9.17, 15) is 9.59 Å². The number of aliphatic carboxylic acids is 1. The predicted octanol–water partition coefficient (Wildman–Crippen LogP) is 2.47. The number of rotatable bonds is 13. The van der Waals surface area contributed by atoms with E-state index in [2.05, 4.69) is 12.2 Å². The minimum absolute atomic E-state index is 0.297. The van der Waals surface area contributed by atoms with Crippen LogP contribution in [0.15, 0.2) is 0 Å². The summed E-state index contributed by atoms with van der Waals surface area (Å²) < 4.78 is 0. The van der Waals surface area contributed by atoms with Crippen molar-refractivity contribution >= 4 is 11.9 Å². The number of unbranched alkanes of at least 4 members (excludes halogenated alkanes) is 8. The number of carboxylic acids is 1. The Balaban J connectivity index is 3.41. The Kier molecular flexibility index (Phi) is 12.2. The lowest BCUT2D eigenvalue weighted by molar-refractivity contribution is -0.142. The van der Waals surface area contributed by atoms with Gasteiger partial charge in [-0.25, -0.2) is 4.79 Å². The fourth-order valence-corrected chi connectivity index (χ4v) is 2.05. The maximum absolute atomic E-state index is 11.4. The van der Waals surface area contributed by atoms with Gasteiger partial charge in [0.1, 0.15) is 6.04 Å². The second kappa shape index (κ2) is 12.9. The third-order valence-corrected chi connectivity index (χ3v) is 3.32. The van der Waals surface area contributed by atoms with E-state index < -0.39 is 18.6 Å². The maximum Gasteiger partial charge on any atom is 0.328 e. The van der Waals surface area contributed by atoms with Crippen molar-refractivity contribution < 1.29 is 19.8 Å². The molecule has 0 aromatic heterocycles. The molecule has 5 heteroatoms. The first-order valence-corrected chi connectivity index (χ1v) is 7.74. The Bertz CT molecular complexity index is 269. The van der Waals surface area contributed by atoms with Gasteiger partial charge in [-0.05, 0) is 6.42 Å². The highest BCUT2D eigenvalue weighted by molar-refractivity contribution is 5.83. The van der Waals surface area contributed by atoms with Gasteiger partial charge < -0.3 is 15.5 Å². The molecule has 0 fully saturated rings. The van der Waals surface area contributed by atoms with Crippen molar-refractivity contribution in [1.29, 1.82) is 0 Å². The van der Waals surface area contributed by atoms with E-state index in [0.29, 0.717) is 6.42 Å². The molecule has 0 saturated heterocycles. The Hall–Kier alpha value is -1.10. The molecule has 20 heavy (non-hydrogen) atoms. The average Bonchev–Trinajstić information content (AvgIpc) is 2.42. The number of hydrogen-bond acceptors (Lipinski definition) is 3. The van der Waals surface area contributed by atoms with Crippen LogP contribution in [0.3, 0.4) is 0 Å². The van der Waals surface area contributed by atoms with Crippen molar-refractivity contribution in [3.8, 4) is 0 Å².